The molecule has 0 N–H and O–H groups in total. The molecule has 0 aliphatic rings. The first-order chi connectivity index (χ1) is 10.9. The summed E-state index contributed by atoms with van der Waals surface area (Å²) < 4.78 is 29.2. The van der Waals surface area contributed by atoms with Gasteiger partial charge in [0.1, 0.15) is 0 Å². The third-order valence-electron chi connectivity index (χ3n) is 3.96. The molecule has 0 fully saturated rings. The monoisotopic (exact) mass is 336 g/mol. The first-order valence-corrected chi connectivity index (χ1v) is 9.38. The first kappa shape index (κ1) is 19.6. The molecule has 2 unspecified atom stereocenters. The van der Waals surface area contributed by atoms with Crippen molar-refractivity contribution in [2.75, 3.05) is 19.6 Å². The summed E-state index contributed by atoms with van der Waals surface area (Å²) in [6.07, 6.45) is 3.43. The largest absolute Gasteiger partial charge is 0.282 e. The average molecular weight is 337 g/mol. The topological polar surface area (TPSA) is 40.6 Å². The smallest absolute Gasteiger partial charge is 0.195 e. The second kappa shape index (κ2) is 9.01. The Bertz CT molecular complexity index is 595. The van der Waals surface area contributed by atoms with Crippen LogP contribution >= 0.6 is 0 Å². The van der Waals surface area contributed by atoms with Crippen LogP contribution in [-0.4, -0.2) is 36.7 Å². The molecule has 0 heterocycles. The maximum Gasteiger partial charge on any atom is 0.282 e. The minimum Gasteiger partial charge on any atom is -0.195 e. The number of hydrogen-bond donors (Lipinski definition) is 0. The maximum atomic E-state index is 13.1. The highest BCUT2D eigenvalue weighted by Crippen LogP contribution is 2.32. The van der Waals surface area contributed by atoms with Crippen molar-refractivity contribution in [1.82, 2.24) is 8.61 Å². The van der Waals surface area contributed by atoms with Crippen LogP contribution in [0, 0.1) is 5.92 Å². The van der Waals surface area contributed by atoms with Gasteiger partial charge in [-0.25, -0.2) is 0 Å². The van der Waals surface area contributed by atoms with E-state index in [4.69, 9.17) is 0 Å². The zero-order valence-electron chi connectivity index (χ0n) is 14.4. The Morgan fingerprint density at radius 2 is 1.70 bits per heavy atom. The molecular weight excluding hydrogens is 308 g/mol. The predicted molar refractivity (Wildman–Crippen MR) is 97.3 cm³/mol. The van der Waals surface area contributed by atoms with Crippen molar-refractivity contribution in [1.29, 1.82) is 0 Å². The SMILES string of the molecule is C=CCN(C(c1ccccc1)C(C)C=C)S(=O)(=O)N(CC)CC. The van der Waals surface area contributed by atoms with Crippen molar-refractivity contribution in [3.63, 3.8) is 0 Å². The van der Waals surface area contributed by atoms with E-state index in [-0.39, 0.29) is 18.5 Å². The Kier molecular flexibility index (Phi) is 7.68. The Balaban J connectivity index is 3.42. The van der Waals surface area contributed by atoms with E-state index in [1.807, 2.05) is 51.1 Å². The molecular formula is C18H28N2O2S. The number of rotatable bonds is 10. The normalized spacial score (nSPS) is 14.7. The van der Waals surface area contributed by atoms with Gasteiger partial charge in [-0.15, -0.1) is 13.2 Å². The van der Waals surface area contributed by atoms with Gasteiger partial charge in [0, 0.05) is 19.6 Å². The lowest BCUT2D eigenvalue weighted by molar-refractivity contribution is 0.272. The van der Waals surface area contributed by atoms with E-state index in [0.29, 0.717) is 13.1 Å². The third kappa shape index (κ3) is 4.53. The summed E-state index contributed by atoms with van der Waals surface area (Å²) in [5, 5.41) is 0. The summed E-state index contributed by atoms with van der Waals surface area (Å²) in [6, 6.07) is 9.38. The van der Waals surface area contributed by atoms with Crippen molar-refractivity contribution in [3.8, 4) is 0 Å². The Morgan fingerprint density at radius 1 is 1.13 bits per heavy atom. The van der Waals surface area contributed by atoms with Crippen LogP contribution in [-0.2, 0) is 10.2 Å². The average Bonchev–Trinajstić information content (AvgIpc) is 2.56. The fourth-order valence-corrected chi connectivity index (χ4v) is 4.53. The minimum absolute atomic E-state index is 0.0253. The maximum absolute atomic E-state index is 13.1. The quantitative estimate of drug-likeness (QED) is 0.612. The van der Waals surface area contributed by atoms with Crippen LogP contribution in [0.1, 0.15) is 32.4 Å². The van der Waals surface area contributed by atoms with Crippen LogP contribution in [0.3, 0.4) is 0 Å². The molecule has 1 aromatic carbocycles. The summed E-state index contributed by atoms with van der Waals surface area (Å²) >= 11 is 0. The van der Waals surface area contributed by atoms with Gasteiger partial charge >= 0.3 is 0 Å². The van der Waals surface area contributed by atoms with Crippen molar-refractivity contribution < 1.29 is 8.42 Å². The van der Waals surface area contributed by atoms with Gasteiger partial charge in [0.25, 0.3) is 10.2 Å². The Morgan fingerprint density at radius 3 is 2.13 bits per heavy atom. The zero-order valence-corrected chi connectivity index (χ0v) is 15.2. The summed E-state index contributed by atoms with van der Waals surface area (Å²) in [4.78, 5) is 0. The van der Waals surface area contributed by atoms with E-state index in [1.54, 1.807) is 12.2 Å². The number of hydrogen-bond acceptors (Lipinski definition) is 2. The second-order valence-corrected chi connectivity index (χ2v) is 7.28. The van der Waals surface area contributed by atoms with Gasteiger partial charge in [0.15, 0.2) is 0 Å². The molecule has 0 aliphatic heterocycles. The third-order valence-corrected chi connectivity index (χ3v) is 6.10. The lowest BCUT2D eigenvalue weighted by Gasteiger charge is -2.36. The van der Waals surface area contributed by atoms with Crippen LogP contribution in [0.4, 0.5) is 0 Å². The Labute approximate surface area is 141 Å². The van der Waals surface area contributed by atoms with Crippen LogP contribution in [0.5, 0.6) is 0 Å². The molecule has 0 aromatic heterocycles. The van der Waals surface area contributed by atoms with E-state index in [2.05, 4.69) is 13.2 Å². The van der Waals surface area contributed by atoms with Crippen molar-refractivity contribution >= 4 is 10.2 Å². The summed E-state index contributed by atoms with van der Waals surface area (Å²) in [7, 11) is -3.58. The van der Waals surface area contributed by atoms with Gasteiger partial charge in [-0.3, -0.25) is 0 Å². The Hall–Kier alpha value is -1.43. The summed E-state index contributed by atoms with van der Waals surface area (Å²) in [5.41, 5.74) is 0.956. The van der Waals surface area contributed by atoms with Crippen LogP contribution in [0.25, 0.3) is 0 Å². The molecule has 1 rings (SSSR count). The highest BCUT2D eigenvalue weighted by molar-refractivity contribution is 7.86. The van der Waals surface area contributed by atoms with Gasteiger partial charge in [0.2, 0.25) is 0 Å². The molecule has 0 spiro atoms. The fourth-order valence-electron chi connectivity index (χ4n) is 2.69. The van der Waals surface area contributed by atoms with Crippen molar-refractivity contribution in [2.24, 2.45) is 5.92 Å². The van der Waals surface area contributed by atoms with Gasteiger partial charge in [-0.1, -0.05) is 63.3 Å². The van der Waals surface area contributed by atoms with E-state index in [0.717, 1.165) is 5.56 Å². The molecule has 23 heavy (non-hydrogen) atoms. The molecule has 128 valence electrons. The standard InChI is InChI=1S/C18H28N2O2S/c1-6-15-20(23(21,22)19(8-3)9-4)18(16(5)7-2)17-13-11-10-12-14-17/h6-7,10-14,16,18H,1-2,8-9,15H2,3-5H3. The molecule has 5 heteroatoms. The van der Waals surface area contributed by atoms with E-state index >= 15 is 0 Å². The minimum atomic E-state index is -3.58. The van der Waals surface area contributed by atoms with Gasteiger partial charge in [-0.05, 0) is 11.5 Å². The second-order valence-electron chi connectivity index (χ2n) is 5.40. The molecule has 0 bridgehead atoms. The molecule has 1 aromatic rings. The first-order valence-electron chi connectivity index (χ1n) is 7.99. The zero-order chi connectivity index (χ0) is 17.5. The van der Waals surface area contributed by atoms with E-state index < -0.39 is 10.2 Å². The molecule has 0 amide bonds. The van der Waals surface area contributed by atoms with Crippen LogP contribution in [0.15, 0.2) is 55.6 Å². The molecule has 2 atom stereocenters. The fraction of sp³-hybridized carbons (Fsp3) is 0.444. The highest BCUT2D eigenvalue weighted by Gasteiger charge is 2.35. The molecule has 0 saturated carbocycles. The molecule has 0 radical (unpaired) electrons. The van der Waals surface area contributed by atoms with Crippen molar-refractivity contribution in [3.05, 3.63) is 61.2 Å². The van der Waals surface area contributed by atoms with Gasteiger partial charge < -0.3 is 0 Å². The number of nitrogens with zero attached hydrogens (tertiary/aromatic N) is 2. The molecule has 0 saturated heterocycles. The van der Waals surface area contributed by atoms with Crippen LogP contribution in [0.2, 0.25) is 0 Å². The molecule has 0 aliphatic carbocycles. The predicted octanol–water partition coefficient (Wildman–Crippen LogP) is 3.62. The lowest BCUT2D eigenvalue weighted by Crippen LogP contribution is -2.46. The van der Waals surface area contributed by atoms with E-state index in [1.165, 1.54) is 8.61 Å². The summed E-state index contributed by atoms with van der Waals surface area (Å²) in [6.45, 7) is 14.4. The van der Waals surface area contributed by atoms with Gasteiger partial charge in [-0.2, -0.15) is 17.0 Å². The number of benzene rings is 1. The van der Waals surface area contributed by atoms with Crippen LogP contribution < -0.4 is 0 Å². The van der Waals surface area contributed by atoms with Gasteiger partial charge in [0.05, 0.1) is 6.04 Å². The van der Waals surface area contributed by atoms with E-state index in [9.17, 15) is 8.42 Å². The lowest BCUT2D eigenvalue weighted by atomic mass is 9.94. The van der Waals surface area contributed by atoms with Crippen molar-refractivity contribution in [2.45, 2.75) is 26.8 Å². The highest BCUT2D eigenvalue weighted by atomic mass is 32.2. The summed E-state index contributed by atoms with van der Waals surface area (Å²) in [5.74, 6) is -0.0253. The molecule has 4 nitrogen and oxygen atoms in total.